The minimum absolute atomic E-state index is 0.587. The molecule has 1 aliphatic rings. The van der Waals surface area contributed by atoms with Crippen molar-refractivity contribution in [2.75, 3.05) is 18.6 Å². The van der Waals surface area contributed by atoms with Crippen LogP contribution in [0.1, 0.15) is 22.2 Å². The maximum absolute atomic E-state index is 3.47. The first kappa shape index (κ1) is 10.5. The highest BCUT2D eigenvalue weighted by Gasteiger charge is 2.26. The molecule has 0 amide bonds. The predicted molar refractivity (Wildman–Crippen MR) is 66.3 cm³/mol. The van der Waals surface area contributed by atoms with Crippen molar-refractivity contribution in [2.45, 2.75) is 19.4 Å². The molecule has 1 fully saturated rings. The van der Waals surface area contributed by atoms with Gasteiger partial charge in [-0.3, -0.25) is 0 Å². The van der Waals surface area contributed by atoms with Gasteiger partial charge in [0.1, 0.15) is 0 Å². The normalized spacial score (nSPS) is 24.0. The molecule has 1 aromatic heterocycles. The second-order valence-corrected chi connectivity index (χ2v) is 6.31. The van der Waals surface area contributed by atoms with Crippen molar-refractivity contribution in [3.63, 3.8) is 0 Å². The van der Waals surface area contributed by atoms with E-state index in [1.54, 1.807) is 0 Å². The van der Waals surface area contributed by atoms with Crippen LogP contribution in [0.4, 0.5) is 0 Å². The van der Waals surface area contributed by atoms with Crippen molar-refractivity contribution < 1.29 is 0 Å². The van der Waals surface area contributed by atoms with Gasteiger partial charge < -0.3 is 5.32 Å². The van der Waals surface area contributed by atoms with Crippen LogP contribution >= 0.6 is 23.1 Å². The molecule has 2 atom stereocenters. The van der Waals surface area contributed by atoms with E-state index in [1.807, 2.05) is 11.3 Å². The standard InChI is InChI=1S/C11H17NS2/c1-8-3-4-10(14-8)11(12-2)9-5-6-13-7-9/h3-4,9,11-12H,5-7H2,1-2H3. The van der Waals surface area contributed by atoms with Crippen LogP contribution in [0.5, 0.6) is 0 Å². The number of thioether (sulfide) groups is 1. The Bertz CT molecular complexity index is 289. The molecule has 1 saturated heterocycles. The Hall–Kier alpha value is 0.01000. The maximum atomic E-state index is 3.47. The van der Waals surface area contributed by atoms with E-state index >= 15 is 0 Å². The van der Waals surface area contributed by atoms with E-state index in [2.05, 4.69) is 43.2 Å². The second kappa shape index (κ2) is 4.69. The lowest BCUT2D eigenvalue weighted by atomic mass is 9.98. The molecule has 1 aliphatic heterocycles. The summed E-state index contributed by atoms with van der Waals surface area (Å²) in [6.45, 7) is 2.18. The van der Waals surface area contributed by atoms with Crippen LogP contribution in [0, 0.1) is 12.8 Å². The molecule has 14 heavy (non-hydrogen) atoms. The highest BCUT2D eigenvalue weighted by atomic mass is 32.2. The summed E-state index contributed by atoms with van der Waals surface area (Å²) in [5.74, 6) is 3.50. The molecule has 2 unspecified atom stereocenters. The van der Waals surface area contributed by atoms with Gasteiger partial charge in [-0.2, -0.15) is 11.8 Å². The Morgan fingerprint density at radius 1 is 1.50 bits per heavy atom. The minimum atomic E-state index is 0.587. The summed E-state index contributed by atoms with van der Waals surface area (Å²) in [7, 11) is 2.09. The van der Waals surface area contributed by atoms with Gasteiger partial charge in [-0.1, -0.05) is 0 Å². The van der Waals surface area contributed by atoms with E-state index in [0.717, 1.165) is 5.92 Å². The lowest BCUT2D eigenvalue weighted by Crippen LogP contribution is -2.24. The average Bonchev–Trinajstić information content (AvgIpc) is 2.79. The van der Waals surface area contributed by atoms with Gasteiger partial charge in [0.15, 0.2) is 0 Å². The Labute approximate surface area is 94.3 Å². The van der Waals surface area contributed by atoms with E-state index in [0.29, 0.717) is 6.04 Å². The van der Waals surface area contributed by atoms with Gasteiger partial charge in [0.05, 0.1) is 0 Å². The predicted octanol–water partition coefficient (Wildman–Crippen LogP) is 3.07. The number of hydrogen-bond donors (Lipinski definition) is 1. The Morgan fingerprint density at radius 2 is 2.36 bits per heavy atom. The lowest BCUT2D eigenvalue weighted by Gasteiger charge is -2.20. The molecule has 2 rings (SSSR count). The topological polar surface area (TPSA) is 12.0 Å². The number of aryl methyl sites for hydroxylation is 1. The molecule has 0 saturated carbocycles. The van der Waals surface area contributed by atoms with Crippen LogP contribution in [0.25, 0.3) is 0 Å². The van der Waals surface area contributed by atoms with Crippen LogP contribution < -0.4 is 5.32 Å². The van der Waals surface area contributed by atoms with E-state index in [4.69, 9.17) is 0 Å². The summed E-state index contributed by atoms with van der Waals surface area (Å²) >= 11 is 4.03. The third kappa shape index (κ3) is 2.15. The van der Waals surface area contributed by atoms with E-state index in [1.165, 1.54) is 27.7 Å². The molecule has 1 aromatic rings. The molecular weight excluding hydrogens is 210 g/mol. The molecule has 0 radical (unpaired) electrons. The third-order valence-electron chi connectivity index (χ3n) is 2.81. The Balaban J connectivity index is 2.12. The number of nitrogens with one attached hydrogen (secondary N) is 1. The van der Waals surface area contributed by atoms with Crippen LogP contribution in [-0.4, -0.2) is 18.6 Å². The van der Waals surface area contributed by atoms with Crippen molar-refractivity contribution in [1.82, 2.24) is 5.32 Å². The van der Waals surface area contributed by atoms with Crippen molar-refractivity contribution >= 4 is 23.1 Å². The number of thiophene rings is 1. The highest BCUT2D eigenvalue weighted by molar-refractivity contribution is 7.99. The summed E-state index contributed by atoms with van der Waals surface area (Å²) in [6.07, 6.45) is 1.37. The van der Waals surface area contributed by atoms with E-state index in [-0.39, 0.29) is 0 Å². The zero-order valence-electron chi connectivity index (χ0n) is 8.75. The maximum Gasteiger partial charge on any atom is 0.0449 e. The first-order valence-corrected chi connectivity index (χ1v) is 7.09. The van der Waals surface area contributed by atoms with Crippen LogP contribution in [0.3, 0.4) is 0 Å². The van der Waals surface area contributed by atoms with Gasteiger partial charge in [0.25, 0.3) is 0 Å². The van der Waals surface area contributed by atoms with Gasteiger partial charge >= 0.3 is 0 Å². The first-order chi connectivity index (χ1) is 6.81. The summed E-state index contributed by atoms with van der Waals surface area (Å²) in [6, 6.07) is 5.10. The van der Waals surface area contributed by atoms with Gasteiger partial charge in [0, 0.05) is 15.8 Å². The van der Waals surface area contributed by atoms with Gasteiger partial charge in [0.2, 0.25) is 0 Å². The minimum Gasteiger partial charge on any atom is -0.312 e. The first-order valence-electron chi connectivity index (χ1n) is 5.12. The van der Waals surface area contributed by atoms with Crippen molar-refractivity contribution in [3.8, 4) is 0 Å². The fourth-order valence-electron chi connectivity index (χ4n) is 2.05. The average molecular weight is 227 g/mol. The Morgan fingerprint density at radius 3 is 2.86 bits per heavy atom. The van der Waals surface area contributed by atoms with Crippen molar-refractivity contribution in [3.05, 3.63) is 21.9 Å². The van der Waals surface area contributed by atoms with Gasteiger partial charge in [-0.15, -0.1) is 11.3 Å². The zero-order chi connectivity index (χ0) is 9.97. The molecule has 3 heteroatoms. The van der Waals surface area contributed by atoms with Crippen LogP contribution in [-0.2, 0) is 0 Å². The Kier molecular flexibility index (Phi) is 3.52. The monoisotopic (exact) mass is 227 g/mol. The van der Waals surface area contributed by atoms with E-state index < -0.39 is 0 Å². The number of hydrogen-bond acceptors (Lipinski definition) is 3. The molecule has 0 aliphatic carbocycles. The summed E-state index contributed by atoms with van der Waals surface area (Å²) in [5, 5.41) is 3.47. The smallest absolute Gasteiger partial charge is 0.0449 e. The van der Waals surface area contributed by atoms with E-state index in [9.17, 15) is 0 Å². The summed E-state index contributed by atoms with van der Waals surface area (Å²) in [5.41, 5.74) is 0. The fraction of sp³-hybridized carbons (Fsp3) is 0.636. The van der Waals surface area contributed by atoms with Crippen molar-refractivity contribution in [2.24, 2.45) is 5.92 Å². The molecular formula is C11H17NS2. The molecule has 78 valence electrons. The SMILES string of the molecule is CNC(c1ccc(C)s1)C1CCSC1. The third-order valence-corrected chi connectivity index (χ3v) is 5.09. The lowest BCUT2D eigenvalue weighted by molar-refractivity contribution is 0.426. The van der Waals surface area contributed by atoms with Crippen LogP contribution in [0.2, 0.25) is 0 Å². The molecule has 0 bridgehead atoms. The largest absolute Gasteiger partial charge is 0.312 e. The molecule has 2 heterocycles. The highest BCUT2D eigenvalue weighted by Crippen LogP contribution is 2.36. The second-order valence-electron chi connectivity index (χ2n) is 3.84. The quantitative estimate of drug-likeness (QED) is 0.851. The number of rotatable bonds is 3. The van der Waals surface area contributed by atoms with Gasteiger partial charge in [-0.05, 0) is 49.9 Å². The van der Waals surface area contributed by atoms with Crippen LogP contribution in [0.15, 0.2) is 12.1 Å². The molecule has 1 nitrogen and oxygen atoms in total. The van der Waals surface area contributed by atoms with Crippen molar-refractivity contribution in [1.29, 1.82) is 0 Å². The summed E-state index contributed by atoms with van der Waals surface area (Å²) in [4.78, 5) is 2.93. The summed E-state index contributed by atoms with van der Waals surface area (Å²) < 4.78 is 0. The van der Waals surface area contributed by atoms with Gasteiger partial charge in [-0.25, -0.2) is 0 Å². The fourth-order valence-corrected chi connectivity index (χ4v) is 4.43. The molecule has 0 aromatic carbocycles. The zero-order valence-corrected chi connectivity index (χ0v) is 10.4. The molecule has 0 spiro atoms. The molecule has 1 N–H and O–H groups in total.